The first-order chi connectivity index (χ1) is 9.21. The zero-order valence-corrected chi connectivity index (χ0v) is 13.0. The number of hydrogen-bond donors (Lipinski definition) is 2. The highest BCUT2D eigenvalue weighted by Gasteiger charge is 2.09. The average Bonchev–Trinajstić information content (AvgIpc) is 2.41. The summed E-state index contributed by atoms with van der Waals surface area (Å²) in [6.45, 7) is 3.28. The van der Waals surface area contributed by atoms with Crippen molar-refractivity contribution in [3.05, 3.63) is 18.2 Å². The molecule has 0 unspecified atom stereocenters. The highest BCUT2D eigenvalue weighted by Crippen LogP contribution is 2.29. The molecule has 0 radical (unpaired) electrons. The molecule has 0 aliphatic rings. The zero-order valence-electron chi connectivity index (χ0n) is 12.2. The van der Waals surface area contributed by atoms with Gasteiger partial charge in [-0.25, -0.2) is 0 Å². The molecule has 2 N–H and O–H groups in total. The van der Waals surface area contributed by atoms with Crippen molar-refractivity contribution in [3.63, 3.8) is 0 Å². The van der Waals surface area contributed by atoms with E-state index in [-0.39, 0.29) is 18.3 Å². The molecule has 0 saturated heterocycles. The molecular formula is C14H23ClN2O3. The standard InChI is InChI=1S/C14H22N2O3.ClH/c1-4-19-13-8-7-11(18-3)10-12(13)16-14(17)6-5-9-15-2;/h7-8,10,15H,4-6,9H2,1-3H3,(H,16,17);1H. The van der Waals surface area contributed by atoms with Crippen LogP contribution in [0.25, 0.3) is 0 Å². The van der Waals surface area contributed by atoms with E-state index in [1.807, 2.05) is 20.0 Å². The number of hydrogen-bond acceptors (Lipinski definition) is 4. The zero-order chi connectivity index (χ0) is 14.1. The number of carbonyl (C=O) groups excluding carboxylic acids is 1. The van der Waals surface area contributed by atoms with Crippen LogP contribution in [0, 0.1) is 0 Å². The van der Waals surface area contributed by atoms with Gasteiger partial charge in [-0.05, 0) is 39.1 Å². The highest BCUT2D eigenvalue weighted by atomic mass is 35.5. The lowest BCUT2D eigenvalue weighted by Gasteiger charge is -2.13. The fraction of sp³-hybridized carbons (Fsp3) is 0.500. The molecule has 0 saturated carbocycles. The summed E-state index contributed by atoms with van der Waals surface area (Å²) in [5.74, 6) is 1.32. The van der Waals surface area contributed by atoms with Crippen LogP contribution in [0.1, 0.15) is 19.8 Å². The minimum atomic E-state index is -0.0237. The molecule has 1 amide bonds. The molecule has 1 aromatic carbocycles. The molecule has 0 heterocycles. The minimum absolute atomic E-state index is 0. The van der Waals surface area contributed by atoms with E-state index >= 15 is 0 Å². The molecule has 5 nitrogen and oxygen atoms in total. The first-order valence-corrected chi connectivity index (χ1v) is 6.46. The Bertz CT molecular complexity index is 413. The number of benzene rings is 1. The molecule has 0 bridgehead atoms. The quantitative estimate of drug-likeness (QED) is 0.724. The number of anilines is 1. The first-order valence-electron chi connectivity index (χ1n) is 6.46. The largest absolute Gasteiger partial charge is 0.497 e. The summed E-state index contributed by atoms with van der Waals surface area (Å²) in [7, 11) is 3.46. The van der Waals surface area contributed by atoms with Crippen molar-refractivity contribution in [2.45, 2.75) is 19.8 Å². The lowest BCUT2D eigenvalue weighted by molar-refractivity contribution is -0.116. The Hall–Kier alpha value is -1.46. The molecule has 0 spiro atoms. The summed E-state index contributed by atoms with van der Waals surface area (Å²) in [4.78, 5) is 11.8. The van der Waals surface area contributed by atoms with Gasteiger partial charge in [-0.1, -0.05) is 0 Å². The SMILES string of the molecule is CCOc1ccc(OC)cc1NC(=O)CCCNC.Cl. The van der Waals surface area contributed by atoms with Gasteiger partial charge in [0.2, 0.25) is 5.91 Å². The minimum Gasteiger partial charge on any atom is -0.497 e. The maximum absolute atomic E-state index is 11.8. The van der Waals surface area contributed by atoms with E-state index < -0.39 is 0 Å². The van der Waals surface area contributed by atoms with Gasteiger partial charge in [0, 0.05) is 12.5 Å². The van der Waals surface area contributed by atoms with Crippen molar-refractivity contribution in [3.8, 4) is 11.5 Å². The molecule has 6 heteroatoms. The van der Waals surface area contributed by atoms with E-state index in [1.165, 1.54) is 0 Å². The van der Waals surface area contributed by atoms with E-state index in [2.05, 4.69) is 10.6 Å². The topological polar surface area (TPSA) is 59.6 Å². The van der Waals surface area contributed by atoms with Crippen molar-refractivity contribution in [1.82, 2.24) is 5.32 Å². The van der Waals surface area contributed by atoms with E-state index in [1.54, 1.807) is 19.2 Å². The van der Waals surface area contributed by atoms with Gasteiger partial charge in [-0.15, -0.1) is 12.4 Å². The molecule has 0 fully saturated rings. The second-order valence-corrected chi connectivity index (χ2v) is 4.05. The number of amides is 1. The lowest BCUT2D eigenvalue weighted by Crippen LogP contribution is -2.15. The third-order valence-electron chi connectivity index (χ3n) is 2.59. The number of nitrogens with one attached hydrogen (secondary N) is 2. The monoisotopic (exact) mass is 302 g/mol. The van der Waals surface area contributed by atoms with Crippen molar-refractivity contribution < 1.29 is 14.3 Å². The van der Waals surface area contributed by atoms with Gasteiger partial charge in [-0.3, -0.25) is 4.79 Å². The first kappa shape index (κ1) is 18.5. The number of halogens is 1. The normalized spacial score (nSPS) is 9.55. The molecule has 0 aromatic heterocycles. The van der Waals surface area contributed by atoms with Gasteiger partial charge in [-0.2, -0.15) is 0 Å². The van der Waals surface area contributed by atoms with Crippen LogP contribution in [0.15, 0.2) is 18.2 Å². The van der Waals surface area contributed by atoms with Crippen LogP contribution < -0.4 is 20.1 Å². The van der Waals surface area contributed by atoms with Gasteiger partial charge >= 0.3 is 0 Å². The van der Waals surface area contributed by atoms with Crippen molar-refractivity contribution in [2.75, 3.05) is 32.6 Å². The number of ether oxygens (including phenoxy) is 2. The van der Waals surface area contributed by atoms with Crippen LogP contribution in [-0.2, 0) is 4.79 Å². The van der Waals surface area contributed by atoms with Crippen LogP contribution in [-0.4, -0.2) is 33.2 Å². The van der Waals surface area contributed by atoms with Crippen molar-refractivity contribution in [2.24, 2.45) is 0 Å². The molecule has 0 atom stereocenters. The Balaban J connectivity index is 0.00000361. The average molecular weight is 303 g/mol. The molecule has 0 aliphatic carbocycles. The van der Waals surface area contributed by atoms with Gasteiger partial charge in [0.15, 0.2) is 0 Å². The van der Waals surface area contributed by atoms with Gasteiger partial charge in [0.05, 0.1) is 19.4 Å². The summed E-state index contributed by atoms with van der Waals surface area (Å²) in [6, 6.07) is 5.37. The van der Waals surface area contributed by atoms with Crippen molar-refractivity contribution >= 4 is 24.0 Å². The van der Waals surface area contributed by atoms with Gasteiger partial charge < -0.3 is 20.1 Å². The fourth-order valence-corrected chi connectivity index (χ4v) is 1.65. The highest BCUT2D eigenvalue weighted by molar-refractivity contribution is 5.92. The maximum atomic E-state index is 11.8. The Morgan fingerprint density at radius 2 is 2.10 bits per heavy atom. The summed E-state index contributed by atoms with van der Waals surface area (Å²) in [6.07, 6.45) is 1.28. The Labute approximate surface area is 126 Å². The third-order valence-corrected chi connectivity index (χ3v) is 2.59. The number of rotatable bonds is 8. The van der Waals surface area contributed by atoms with E-state index in [0.717, 1.165) is 13.0 Å². The van der Waals surface area contributed by atoms with Crippen LogP contribution >= 0.6 is 12.4 Å². The molecule has 1 aromatic rings. The third kappa shape index (κ3) is 6.12. The maximum Gasteiger partial charge on any atom is 0.224 e. The lowest BCUT2D eigenvalue weighted by atomic mass is 10.2. The molecule has 114 valence electrons. The van der Waals surface area contributed by atoms with Crippen LogP contribution in [0.5, 0.6) is 11.5 Å². The Morgan fingerprint density at radius 3 is 2.70 bits per heavy atom. The molecular weight excluding hydrogens is 280 g/mol. The second-order valence-electron chi connectivity index (χ2n) is 4.05. The summed E-state index contributed by atoms with van der Waals surface area (Å²) >= 11 is 0. The van der Waals surface area contributed by atoms with E-state index in [0.29, 0.717) is 30.2 Å². The van der Waals surface area contributed by atoms with Crippen LogP contribution in [0.3, 0.4) is 0 Å². The van der Waals surface area contributed by atoms with E-state index in [4.69, 9.17) is 9.47 Å². The van der Waals surface area contributed by atoms with E-state index in [9.17, 15) is 4.79 Å². The Morgan fingerprint density at radius 1 is 1.35 bits per heavy atom. The number of carbonyl (C=O) groups is 1. The Kier molecular flexibility index (Phi) is 9.59. The predicted octanol–water partition coefficient (Wildman–Crippen LogP) is 2.45. The fourth-order valence-electron chi connectivity index (χ4n) is 1.65. The van der Waals surface area contributed by atoms with Crippen LogP contribution in [0.2, 0.25) is 0 Å². The summed E-state index contributed by atoms with van der Waals surface area (Å²) < 4.78 is 10.6. The smallest absolute Gasteiger partial charge is 0.224 e. The molecule has 20 heavy (non-hydrogen) atoms. The van der Waals surface area contributed by atoms with Gasteiger partial charge in [0.1, 0.15) is 11.5 Å². The van der Waals surface area contributed by atoms with Crippen LogP contribution in [0.4, 0.5) is 5.69 Å². The van der Waals surface area contributed by atoms with Gasteiger partial charge in [0.25, 0.3) is 0 Å². The number of methoxy groups -OCH3 is 1. The summed E-state index contributed by atoms with van der Waals surface area (Å²) in [5, 5.41) is 5.87. The summed E-state index contributed by atoms with van der Waals surface area (Å²) in [5.41, 5.74) is 0.649. The second kappa shape index (κ2) is 10.3. The predicted molar refractivity (Wildman–Crippen MR) is 83.2 cm³/mol. The molecule has 0 aliphatic heterocycles. The van der Waals surface area contributed by atoms with Crippen molar-refractivity contribution in [1.29, 1.82) is 0 Å². The molecule has 1 rings (SSSR count).